The smallest absolute Gasteiger partial charge is 0.227 e. The van der Waals surface area contributed by atoms with Gasteiger partial charge in [0.05, 0.1) is 5.52 Å². The molecule has 0 aliphatic heterocycles. The van der Waals surface area contributed by atoms with E-state index in [1.165, 1.54) is 0 Å². The lowest BCUT2D eigenvalue weighted by molar-refractivity contribution is 0.818. The molecule has 0 aliphatic rings. The molecular weight excluding hydrogens is 322 g/mol. The van der Waals surface area contributed by atoms with Gasteiger partial charge in [-0.2, -0.15) is 0 Å². The van der Waals surface area contributed by atoms with Crippen molar-refractivity contribution in [1.29, 1.82) is 0 Å². The molecule has 1 unspecified atom stereocenters. The van der Waals surface area contributed by atoms with E-state index in [1.54, 1.807) is 12.4 Å². The monoisotopic (exact) mass is 341 g/mol. The minimum Gasteiger partial charge on any atom is -0.324 e. The van der Waals surface area contributed by atoms with E-state index in [0.29, 0.717) is 5.95 Å². The number of anilines is 2. The Bertz CT molecular complexity index is 1030. The molecule has 0 radical (unpaired) electrons. The van der Waals surface area contributed by atoms with Crippen LogP contribution in [0.2, 0.25) is 0 Å². The molecule has 0 aliphatic carbocycles. The van der Waals surface area contributed by atoms with E-state index in [-0.39, 0.29) is 6.04 Å². The molecule has 2 aromatic carbocycles. The molecule has 0 spiro atoms. The molecule has 0 saturated heterocycles. The third-order valence-electron chi connectivity index (χ3n) is 4.29. The summed E-state index contributed by atoms with van der Waals surface area (Å²) in [5.74, 6) is 0.572. The number of nitrogens with two attached hydrogens (primary N) is 1. The highest BCUT2D eigenvalue weighted by molar-refractivity contribution is 5.84. The fourth-order valence-corrected chi connectivity index (χ4v) is 2.82. The summed E-state index contributed by atoms with van der Waals surface area (Å²) in [7, 11) is 0. The van der Waals surface area contributed by atoms with Gasteiger partial charge in [0.15, 0.2) is 0 Å². The van der Waals surface area contributed by atoms with Crippen LogP contribution in [0.5, 0.6) is 0 Å². The van der Waals surface area contributed by atoms with Crippen LogP contribution in [-0.2, 0) is 0 Å². The fraction of sp³-hybridized carbons (Fsp3) is 0.0952. The van der Waals surface area contributed by atoms with Crippen molar-refractivity contribution in [1.82, 2.24) is 15.0 Å². The van der Waals surface area contributed by atoms with Gasteiger partial charge in [0.1, 0.15) is 0 Å². The van der Waals surface area contributed by atoms with Crippen molar-refractivity contribution in [2.45, 2.75) is 13.0 Å². The Kier molecular flexibility index (Phi) is 4.29. The number of benzene rings is 2. The van der Waals surface area contributed by atoms with Crippen LogP contribution in [0.15, 0.2) is 73.2 Å². The van der Waals surface area contributed by atoms with Gasteiger partial charge in [-0.1, -0.05) is 18.2 Å². The van der Waals surface area contributed by atoms with Crippen LogP contribution in [-0.4, -0.2) is 15.0 Å². The Labute approximate surface area is 152 Å². The van der Waals surface area contributed by atoms with Gasteiger partial charge in [-0.3, -0.25) is 4.98 Å². The van der Waals surface area contributed by atoms with E-state index in [1.807, 2.05) is 55.6 Å². The predicted molar refractivity (Wildman–Crippen MR) is 105 cm³/mol. The molecule has 4 rings (SSSR count). The maximum Gasteiger partial charge on any atom is 0.227 e. The third-order valence-corrected chi connectivity index (χ3v) is 4.29. The zero-order valence-corrected chi connectivity index (χ0v) is 14.4. The molecule has 1 atom stereocenters. The molecule has 5 nitrogen and oxygen atoms in total. The molecule has 0 bridgehead atoms. The maximum absolute atomic E-state index is 5.88. The fourth-order valence-electron chi connectivity index (χ4n) is 2.82. The van der Waals surface area contributed by atoms with Gasteiger partial charge in [0.25, 0.3) is 0 Å². The molecule has 3 N–H and O–H groups in total. The molecule has 0 saturated carbocycles. The molecule has 0 amide bonds. The number of hydrogen-bond donors (Lipinski definition) is 2. The second-order valence-electron chi connectivity index (χ2n) is 6.24. The summed E-state index contributed by atoms with van der Waals surface area (Å²) >= 11 is 0. The SMILES string of the molecule is CC(N)c1ccc(Nc2ncc3cc(-c4ccncc4)ccc3n2)cc1. The van der Waals surface area contributed by atoms with Crippen LogP contribution in [0.1, 0.15) is 18.5 Å². The summed E-state index contributed by atoms with van der Waals surface area (Å²) < 4.78 is 0. The van der Waals surface area contributed by atoms with Gasteiger partial charge in [-0.15, -0.1) is 0 Å². The summed E-state index contributed by atoms with van der Waals surface area (Å²) in [6.07, 6.45) is 5.42. The summed E-state index contributed by atoms with van der Waals surface area (Å²) in [5, 5.41) is 4.23. The Balaban J connectivity index is 1.59. The van der Waals surface area contributed by atoms with Crippen molar-refractivity contribution < 1.29 is 0 Å². The van der Waals surface area contributed by atoms with Crippen molar-refractivity contribution in [3.05, 3.63) is 78.8 Å². The second-order valence-corrected chi connectivity index (χ2v) is 6.24. The molecule has 4 aromatic rings. The second kappa shape index (κ2) is 6.90. The van der Waals surface area contributed by atoms with Gasteiger partial charge in [-0.05, 0) is 60.0 Å². The summed E-state index contributed by atoms with van der Waals surface area (Å²) in [4.78, 5) is 13.1. The van der Waals surface area contributed by atoms with Gasteiger partial charge < -0.3 is 11.1 Å². The first kappa shape index (κ1) is 16.2. The van der Waals surface area contributed by atoms with E-state index >= 15 is 0 Å². The average molecular weight is 341 g/mol. The molecule has 26 heavy (non-hydrogen) atoms. The zero-order valence-electron chi connectivity index (χ0n) is 14.4. The standard InChI is InChI=1S/C21H19N5/c1-14(22)15-2-5-19(6-3-15)25-21-24-13-18-12-17(4-7-20(18)26-21)16-8-10-23-11-9-16/h2-14H,22H2,1H3,(H,24,25,26). The number of aromatic nitrogens is 3. The molecule has 128 valence electrons. The molecular formula is C21H19N5. The number of rotatable bonds is 4. The normalized spacial score (nSPS) is 12.1. The van der Waals surface area contributed by atoms with Gasteiger partial charge in [0, 0.05) is 35.7 Å². The molecule has 2 heterocycles. The summed E-state index contributed by atoms with van der Waals surface area (Å²) in [5.41, 5.74) is 11.1. The first-order valence-corrected chi connectivity index (χ1v) is 8.49. The highest BCUT2D eigenvalue weighted by Crippen LogP contribution is 2.24. The number of nitrogens with one attached hydrogen (secondary N) is 1. The molecule has 0 fully saturated rings. The lowest BCUT2D eigenvalue weighted by Crippen LogP contribution is -2.04. The van der Waals surface area contributed by atoms with Crippen LogP contribution < -0.4 is 11.1 Å². The van der Waals surface area contributed by atoms with E-state index in [0.717, 1.165) is 33.3 Å². The summed E-state index contributed by atoms with van der Waals surface area (Å²) in [6.45, 7) is 1.97. The van der Waals surface area contributed by atoms with Gasteiger partial charge >= 0.3 is 0 Å². The van der Waals surface area contributed by atoms with E-state index in [2.05, 4.69) is 32.4 Å². The van der Waals surface area contributed by atoms with E-state index in [9.17, 15) is 0 Å². The Morgan fingerprint density at radius 1 is 0.923 bits per heavy atom. The highest BCUT2D eigenvalue weighted by atomic mass is 15.1. The van der Waals surface area contributed by atoms with Crippen molar-refractivity contribution in [3.63, 3.8) is 0 Å². The van der Waals surface area contributed by atoms with Gasteiger partial charge in [-0.25, -0.2) is 9.97 Å². The number of pyridine rings is 1. The number of nitrogens with zero attached hydrogens (tertiary/aromatic N) is 3. The molecule has 5 heteroatoms. The maximum atomic E-state index is 5.88. The largest absolute Gasteiger partial charge is 0.324 e. The van der Waals surface area contributed by atoms with Crippen LogP contribution in [0.3, 0.4) is 0 Å². The predicted octanol–water partition coefficient (Wildman–Crippen LogP) is 4.46. The van der Waals surface area contributed by atoms with Crippen molar-refractivity contribution >= 4 is 22.5 Å². The topological polar surface area (TPSA) is 76.7 Å². The zero-order chi connectivity index (χ0) is 17.9. The van der Waals surface area contributed by atoms with Crippen LogP contribution in [0.25, 0.3) is 22.0 Å². The Hall–Kier alpha value is -3.31. The average Bonchev–Trinajstić information content (AvgIpc) is 2.69. The first-order chi connectivity index (χ1) is 12.7. The minimum atomic E-state index is 0.0237. The van der Waals surface area contributed by atoms with Crippen molar-refractivity contribution in [3.8, 4) is 11.1 Å². The number of hydrogen-bond acceptors (Lipinski definition) is 5. The highest BCUT2D eigenvalue weighted by Gasteiger charge is 2.04. The third kappa shape index (κ3) is 3.38. The summed E-state index contributed by atoms with van der Waals surface area (Å²) in [6, 6.07) is 18.2. The first-order valence-electron chi connectivity index (χ1n) is 8.49. The van der Waals surface area contributed by atoms with E-state index < -0.39 is 0 Å². The lowest BCUT2D eigenvalue weighted by atomic mass is 10.1. The Morgan fingerprint density at radius 3 is 2.42 bits per heavy atom. The quantitative estimate of drug-likeness (QED) is 0.573. The minimum absolute atomic E-state index is 0.0237. The van der Waals surface area contributed by atoms with Crippen LogP contribution in [0, 0.1) is 0 Å². The van der Waals surface area contributed by atoms with E-state index in [4.69, 9.17) is 5.73 Å². The Morgan fingerprint density at radius 2 is 1.69 bits per heavy atom. The van der Waals surface area contributed by atoms with Crippen LogP contribution >= 0.6 is 0 Å². The van der Waals surface area contributed by atoms with Crippen molar-refractivity contribution in [2.75, 3.05) is 5.32 Å². The van der Waals surface area contributed by atoms with Crippen LogP contribution in [0.4, 0.5) is 11.6 Å². The lowest BCUT2D eigenvalue weighted by Gasteiger charge is -2.09. The molecule has 2 aromatic heterocycles. The van der Waals surface area contributed by atoms with Gasteiger partial charge in [0.2, 0.25) is 5.95 Å². The van der Waals surface area contributed by atoms with Crippen molar-refractivity contribution in [2.24, 2.45) is 5.73 Å². The number of fused-ring (bicyclic) bond motifs is 1.